The average molecular weight is 364 g/mol. The van der Waals surface area contributed by atoms with Gasteiger partial charge in [0.25, 0.3) is 0 Å². The number of anilines is 2. The lowest BCUT2D eigenvalue weighted by molar-refractivity contribution is -0.114. The van der Waals surface area contributed by atoms with Gasteiger partial charge < -0.3 is 10.6 Å². The summed E-state index contributed by atoms with van der Waals surface area (Å²) >= 11 is 0. The summed E-state index contributed by atoms with van der Waals surface area (Å²) in [4.78, 5) is 11.0. The third kappa shape index (κ3) is 4.57. The van der Waals surface area contributed by atoms with Gasteiger partial charge in [0.05, 0.1) is 4.90 Å². The number of carbonyl (C=O) groups is 1. The van der Waals surface area contributed by atoms with Crippen molar-refractivity contribution in [1.82, 2.24) is 0 Å². The molecule has 5 nitrogen and oxygen atoms in total. The van der Waals surface area contributed by atoms with Crippen LogP contribution in [-0.4, -0.2) is 14.3 Å². The first kappa shape index (κ1) is 18.9. The van der Waals surface area contributed by atoms with E-state index in [0.717, 1.165) is 28.1 Å². The lowest BCUT2D eigenvalue weighted by atomic mass is 10.1. The van der Waals surface area contributed by atoms with Crippen LogP contribution in [0.25, 0.3) is 0 Å². The van der Waals surface area contributed by atoms with Gasteiger partial charge in [0.2, 0.25) is 5.91 Å². The fourth-order valence-electron chi connectivity index (χ4n) is 2.59. The monoisotopic (exact) mass is 364 g/mol. The van der Waals surface area contributed by atoms with Gasteiger partial charge in [0.15, 0.2) is 0 Å². The largest absolute Gasteiger partial charge is 0.381 e. The van der Waals surface area contributed by atoms with Crippen LogP contribution in [0.1, 0.15) is 29.2 Å². The Kier molecular flexibility index (Phi) is 5.47. The maximum absolute atomic E-state index is 13.2. The average Bonchev–Trinajstić information content (AvgIpc) is 2.50. The van der Waals surface area contributed by atoms with Crippen molar-refractivity contribution in [3.8, 4) is 0 Å². The molecule has 2 aromatic rings. The first-order valence-electron chi connectivity index (χ1n) is 7.75. The smallest absolute Gasteiger partial charge is 0.332 e. The van der Waals surface area contributed by atoms with Crippen molar-refractivity contribution in [2.24, 2.45) is 0 Å². The molecule has 1 amide bonds. The number of halogens is 1. The Morgan fingerprint density at radius 3 is 2.32 bits per heavy atom. The lowest BCUT2D eigenvalue weighted by Crippen LogP contribution is -2.11. The maximum atomic E-state index is 13.2. The highest BCUT2D eigenvalue weighted by Crippen LogP contribution is 2.28. The Morgan fingerprint density at radius 1 is 1.08 bits per heavy atom. The second kappa shape index (κ2) is 7.23. The number of hydrogen-bond acceptors (Lipinski definition) is 4. The van der Waals surface area contributed by atoms with Gasteiger partial charge in [0.1, 0.15) is 0 Å². The molecule has 0 atom stereocenters. The van der Waals surface area contributed by atoms with Crippen LogP contribution in [-0.2, 0) is 21.6 Å². The predicted molar refractivity (Wildman–Crippen MR) is 97.0 cm³/mol. The summed E-state index contributed by atoms with van der Waals surface area (Å²) in [6.07, 6.45) is 0. The van der Waals surface area contributed by atoms with Gasteiger partial charge in [-0.1, -0.05) is 12.1 Å². The van der Waals surface area contributed by atoms with E-state index in [1.807, 2.05) is 32.9 Å². The van der Waals surface area contributed by atoms with E-state index in [2.05, 4.69) is 10.6 Å². The number of amides is 1. The molecule has 2 N–H and O–H groups in total. The fraction of sp³-hybridized carbons (Fsp3) is 0.278. The van der Waals surface area contributed by atoms with Gasteiger partial charge >= 0.3 is 10.2 Å². The molecule has 2 rings (SSSR count). The zero-order valence-corrected chi connectivity index (χ0v) is 15.4. The van der Waals surface area contributed by atoms with Crippen LogP contribution in [0.2, 0.25) is 0 Å². The van der Waals surface area contributed by atoms with E-state index in [1.54, 1.807) is 6.07 Å². The van der Waals surface area contributed by atoms with Gasteiger partial charge in [-0.2, -0.15) is 8.42 Å². The molecule has 0 bridgehead atoms. The highest BCUT2D eigenvalue weighted by atomic mass is 32.3. The first-order valence-corrected chi connectivity index (χ1v) is 9.14. The van der Waals surface area contributed by atoms with Gasteiger partial charge in [-0.25, -0.2) is 0 Å². The molecule has 0 fully saturated rings. The fourth-order valence-corrected chi connectivity index (χ4v) is 3.10. The van der Waals surface area contributed by atoms with Crippen LogP contribution in [0.3, 0.4) is 0 Å². The van der Waals surface area contributed by atoms with E-state index in [4.69, 9.17) is 0 Å². The number of carbonyl (C=O) groups excluding carboxylic acids is 1. The molecular weight excluding hydrogens is 343 g/mol. The third-order valence-electron chi connectivity index (χ3n) is 4.05. The van der Waals surface area contributed by atoms with E-state index < -0.39 is 10.2 Å². The second-order valence-electron chi connectivity index (χ2n) is 5.99. The number of benzene rings is 2. The van der Waals surface area contributed by atoms with Crippen LogP contribution in [0.15, 0.2) is 35.2 Å². The van der Waals surface area contributed by atoms with E-state index in [-0.39, 0.29) is 10.8 Å². The molecule has 0 aromatic heterocycles. The Labute approximate surface area is 147 Å². The summed E-state index contributed by atoms with van der Waals surface area (Å²) in [6.45, 7) is 7.40. The molecule has 0 aliphatic heterocycles. The van der Waals surface area contributed by atoms with E-state index in [9.17, 15) is 17.1 Å². The summed E-state index contributed by atoms with van der Waals surface area (Å²) in [5, 5.41) is 6.03. The van der Waals surface area contributed by atoms with E-state index in [0.29, 0.717) is 12.1 Å². The van der Waals surface area contributed by atoms with Crippen molar-refractivity contribution in [2.45, 2.75) is 39.1 Å². The molecule has 0 unspecified atom stereocenters. The zero-order valence-electron chi connectivity index (χ0n) is 14.6. The number of nitrogens with one attached hydrogen (secondary N) is 2. The highest BCUT2D eigenvalue weighted by molar-refractivity contribution is 7.86. The molecule has 0 spiro atoms. The molecule has 0 heterocycles. The minimum absolute atomic E-state index is 0.153. The minimum Gasteiger partial charge on any atom is -0.381 e. The highest BCUT2D eigenvalue weighted by Gasteiger charge is 2.14. The molecule has 2 aromatic carbocycles. The summed E-state index contributed by atoms with van der Waals surface area (Å²) in [5.41, 5.74) is 4.91. The number of aryl methyl sites for hydroxylation is 2. The SMILES string of the molecule is CC(=O)Nc1c(C)ccc(NCc2cc(S(=O)(=O)F)ccc2C)c1C. The molecular formula is C18H21FN2O3S. The lowest BCUT2D eigenvalue weighted by Gasteiger charge is -2.17. The minimum atomic E-state index is -4.73. The Hall–Kier alpha value is -2.41. The summed E-state index contributed by atoms with van der Waals surface area (Å²) in [6, 6.07) is 7.93. The molecule has 0 saturated heterocycles. The van der Waals surface area contributed by atoms with Crippen LogP contribution < -0.4 is 10.6 Å². The second-order valence-corrected chi connectivity index (χ2v) is 7.34. The van der Waals surface area contributed by atoms with Crippen LogP contribution in [0.5, 0.6) is 0 Å². The predicted octanol–water partition coefficient (Wildman–Crippen LogP) is 3.84. The third-order valence-corrected chi connectivity index (χ3v) is 4.86. The van der Waals surface area contributed by atoms with Crippen molar-refractivity contribution >= 4 is 27.5 Å². The van der Waals surface area contributed by atoms with Crippen molar-refractivity contribution in [1.29, 1.82) is 0 Å². The molecule has 134 valence electrons. The van der Waals surface area contributed by atoms with Gasteiger partial charge in [-0.15, -0.1) is 3.89 Å². The van der Waals surface area contributed by atoms with E-state index >= 15 is 0 Å². The summed E-state index contributed by atoms with van der Waals surface area (Å²) < 4.78 is 35.4. The molecule has 0 aliphatic rings. The molecule has 0 saturated carbocycles. The van der Waals surface area contributed by atoms with Crippen molar-refractivity contribution in [3.63, 3.8) is 0 Å². The zero-order chi connectivity index (χ0) is 18.8. The Bertz CT molecular complexity index is 924. The van der Waals surface area contributed by atoms with Crippen LogP contribution in [0, 0.1) is 20.8 Å². The Morgan fingerprint density at radius 2 is 1.72 bits per heavy atom. The molecule has 0 aliphatic carbocycles. The van der Waals surface area contributed by atoms with Crippen molar-refractivity contribution < 1.29 is 17.1 Å². The van der Waals surface area contributed by atoms with E-state index in [1.165, 1.54) is 19.1 Å². The maximum Gasteiger partial charge on any atom is 0.332 e. The first-order chi connectivity index (χ1) is 11.6. The summed E-state index contributed by atoms with van der Waals surface area (Å²) in [5.74, 6) is -0.153. The normalized spacial score (nSPS) is 11.2. The quantitative estimate of drug-likeness (QED) is 0.791. The van der Waals surface area contributed by atoms with Crippen LogP contribution >= 0.6 is 0 Å². The molecule has 7 heteroatoms. The number of hydrogen-bond donors (Lipinski definition) is 2. The standard InChI is InChI=1S/C18H21FN2O3S/c1-11-5-7-16(25(19,23)24)9-15(11)10-20-17-8-6-12(2)18(13(17)3)21-14(4)22/h5-9,20H,10H2,1-4H3,(H,21,22). The molecule has 0 radical (unpaired) electrons. The van der Waals surface area contributed by atoms with Crippen molar-refractivity contribution in [3.05, 3.63) is 52.6 Å². The van der Waals surface area contributed by atoms with Crippen molar-refractivity contribution in [2.75, 3.05) is 10.6 Å². The Balaban J connectivity index is 2.29. The summed E-state index contributed by atoms with van der Waals surface area (Å²) in [7, 11) is -4.73. The van der Waals surface area contributed by atoms with Crippen LogP contribution in [0.4, 0.5) is 15.3 Å². The van der Waals surface area contributed by atoms with Gasteiger partial charge in [-0.05, 0) is 61.2 Å². The number of rotatable bonds is 5. The topological polar surface area (TPSA) is 75.3 Å². The van der Waals surface area contributed by atoms with Gasteiger partial charge in [0, 0.05) is 24.8 Å². The molecule has 25 heavy (non-hydrogen) atoms. The van der Waals surface area contributed by atoms with Gasteiger partial charge in [-0.3, -0.25) is 4.79 Å².